The van der Waals surface area contributed by atoms with Crippen molar-refractivity contribution in [3.63, 3.8) is 0 Å². The van der Waals surface area contributed by atoms with E-state index in [9.17, 15) is 50.8 Å². The van der Waals surface area contributed by atoms with Crippen LogP contribution in [0.4, 0.5) is 0 Å². The number of aliphatic hydroxyl groups is 9. The number of hydrazine groups is 1. The van der Waals surface area contributed by atoms with E-state index < -0.39 is 105 Å². The van der Waals surface area contributed by atoms with Gasteiger partial charge in [-0.3, -0.25) is 10.2 Å². The summed E-state index contributed by atoms with van der Waals surface area (Å²) in [4.78, 5) is 11.2. The highest BCUT2D eigenvalue weighted by Crippen LogP contribution is 2.33. The van der Waals surface area contributed by atoms with Crippen molar-refractivity contribution in [2.45, 2.75) is 151 Å². The Kier molecular flexibility index (Phi) is 17.2. The normalized spacial score (nSPS) is 41.2. The van der Waals surface area contributed by atoms with Gasteiger partial charge in [-0.2, -0.15) is 0 Å². The van der Waals surface area contributed by atoms with E-state index in [1.165, 1.54) is 6.92 Å². The quantitative estimate of drug-likeness (QED) is 0.0275. The van der Waals surface area contributed by atoms with Crippen LogP contribution in [-0.2, 0) is 33.2 Å². The van der Waals surface area contributed by atoms with Crippen LogP contribution in [0.3, 0.4) is 0 Å². The SMILES string of the molecule is CC(CCCCCCC(=O)NN)NCCO[C@@H]1O[C@H](CO)[C@H](O)[C@H](O[C@H]2O[C@H](CO)[C@H](O)[C@H](O)[C@H]2O)[C@H]1O[C@H]1O[C@H](C)[C@H](O)[C@H](O)[C@H]1O. The second-order valence-electron chi connectivity index (χ2n) is 12.5. The topological polar surface area (TPSA) is 305 Å². The van der Waals surface area contributed by atoms with Crippen LogP contribution in [0.5, 0.6) is 0 Å². The molecular formula is C29H55N3O16. The molecule has 3 aliphatic heterocycles. The molecule has 3 heterocycles. The Balaban J connectivity index is 1.69. The summed E-state index contributed by atoms with van der Waals surface area (Å²) in [5, 5.41) is 96.3. The average Bonchev–Trinajstić information content (AvgIpc) is 3.07. The molecule has 3 fully saturated rings. The molecule has 16 atom stereocenters. The monoisotopic (exact) mass is 701 g/mol. The number of hydrogen-bond donors (Lipinski definition) is 12. The molecule has 1 amide bonds. The van der Waals surface area contributed by atoms with Crippen molar-refractivity contribution < 1.29 is 79.2 Å². The number of nitrogens with two attached hydrogens (primary N) is 1. The summed E-state index contributed by atoms with van der Waals surface area (Å²) in [6.45, 7) is 2.34. The van der Waals surface area contributed by atoms with Crippen molar-refractivity contribution in [3.05, 3.63) is 0 Å². The molecular weight excluding hydrogens is 646 g/mol. The van der Waals surface area contributed by atoms with Gasteiger partial charge in [0.15, 0.2) is 18.9 Å². The number of hydrogen-bond acceptors (Lipinski definition) is 18. The summed E-state index contributed by atoms with van der Waals surface area (Å²) in [6, 6.07) is 0.106. The first-order valence-corrected chi connectivity index (χ1v) is 16.4. The van der Waals surface area contributed by atoms with Crippen LogP contribution in [0, 0.1) is 0 Å². The van der Waals surface area contributed by atoms with E-state index in [2.05, 4.69) is 10.7 Å². The van der Waals surface area contributed by atoms with Gasteiger partial charge in [0.25, 0.3) is 0 Å². The van der Waals surface area contributed by atoms with Crippen molar-refractivity contribution in [1.29, 1.82) is 0 Å². The van der Waals surface area contributed by atoms with Crippen molar-refractivity contribution >= 4 is 5.91 Å². The molecule has 0 aromatic heterocycles. The molecule has 0 aromatic rings. The average molecular weight is 702 g/mol. The molecule has 19 nitrogen and oxygen atoms in total. The number of carbonyl (C=O) groups is 1. The highest BCUT2D eigenvalue weighted by Gasteiger charge is 2.54. The van der Waals surface area contributed by atoms with Crippen molar-refractivity contribution in [2.75, 3.05) is 26.4 Å². The van der Waals surface area contributed by atoms with Gasteiger partial charge in [0.1, 0.15) is 67.1 Å². The zero-order valence-corrected chi connectivity index (χ0v) is 27.3. The van der Waals surface area contributed by atoms with Crippen LogP contribution >= 0.6 is 0 Å². The molecule has 0 aliphatic carbocycles. The van der Waals surface area contributed by atoms with Crippen molar-refractivity contribution in [3.8, 4) is 0 Å². The number of unbranched alkanes of at least 4 members (excludes halogenated alkanes) is 3. The lowest BCUT2D eigenvalue weighted by atomic mass is 9.96. The van der Waals surface area contributed by atoms with Crippen LogP contribution in [0.2, 0.25) is 0 Å². The summed E-state index contributed by atoms with van der Waals surface area (Å²) in [5.41, 5.74) is 2.11. The molecule has 13 N–H and O–H groups in total. The summed E-state index contributed by atoms with van der Waals surface area (Å²) in [5.74, 6) is 4.89. The number of ether oxygens (including phenoxy) is 6. The van der Waals surface area contributed by atoms with Gasteiger partial charge in [-0.25, -0.2) is 5.84 Å². The molecule has 0 bridgehead atoms. The van der Waals surface area contributed by atoms with Gasteiger partial charge in [-0.05, 0) is 26.7 Å². The van der Waals surface area contributed by atoms with E-state index >= 15 is 0 Å². The standard InChI is InChI=1S/C29H55N3O16/c1-13(7-5-3-4-6-8-17(35)32-30)31-9-10-43-29-26(48-27-23(41)21(39)18(36)14(2)44-27)25(20(38)16(12-34)46-29)47-28-24(42)22(40)19(37)15(11-33)45-28/h13-16,18-29,31,33-34,36-42H,3-12,30H2,1-2H3,(H,32,35)/t13?,14-,15-,16-,18+,19+,20+,21+,22+,23-,24-,25+,26-,27-,28-,29-/m1/s1. The Hall–Kier alpha value is -1.21. The number of amides is 1. The first-order chi connectivity index (χ1) is 22.8. The second-order valence-corrected chi connectivity index (χ2v) is 12.5. The Morgan fingerprint density at radius 3 is 1.94 bits per heavy atom. The number of nitrogens with one attached hydrogen (secondary N) is 2. The van der Waals surface area contributed by atoms with E-state index in [0.29, 0.717) is 13.0 Å². The Bertz CT molecular complexity index is 941. The van der Waals surface area contributed by atoms with Gasteiger partial charge < -0.3 is 79.7 Å². The highest BCUT2D eigenvalue weighted by atomic mass is 16.8. The minimum Gasteiger partial charge on any atom is -0.394 e. The van der Waals surface area contributed by atoms with Crippen LogP contribution in [0.15, 0.2) is 0 Å². The van der Waals surface area contributed by atoms with Gasteiger partial charge in [0.05, 0.1) is 25.9 Å². The van der Waals surface area contributed by atoms with Crippen LogP contribution in [0.25, 0.3) is 0 Å². The van der Waals surface area contributed by atoms with E-state index in [4.69, 9.17) is 34.3 Å². The molecule has 0 saturated carbocycles. The summed E-state index contributed by atoms with van der Waals surface area (Å²) < 4.78 is 34.6. The number of carbonyl (C=O) groups excluding carboxylic acids is 1. The van der Waals surface area contributed by atoms with Crippen molar-refractivity contribution in [1.82, 2.24) is 10.7 Å². The summed E-state index contributed by atoms with van der Waals surface area (Å²) >= 11 is 0. The zero-order valence-electron chi connectivity index (χ0n) is 27.3. The fraction of sp³-hybridized carbons (Fsp3) is 0.966. The lowest BCUT2D eigenvalue weighted by Crippen LogP contribution is -2.67. The predicted octanol–water partition coefficient (Wildman–Crippen LogP) is -5.21. The molecule has 3 aliphatic rings. The van der Waals surface area contributed by atoms with Gasteiger partial charge in [-0.15, -0.1) is 0 Å². The van der Waals surface area contributed by atoms with E-state index in [1.54, 1.807) is 0 Å². The zero-order chi connectivity index (χ0) is 35.5. The maximum absolute atomic E-state index is 11.2. The second kappa shape index (κ2) is 20.0. The number of aliphatic hydroxyl groups excluding tert-OH is 9. The third-order valence-corrected chi connectivity index (χ3v) is 8.87. The van der Waals surface area contributed by atoms with Gasteiger partial charge in [-0.1, -0.05) is 19.3 Å². The minimum absolute atomic E-state index is 0.0237. The molecule has 282 valence electrons. The molecule has 0 spiro atoms. The van der Waals surface area contributed by atoms with E-state index in [0.717, 1.165) is 32.1 Å². The smallest absolute Gasteiger partial charge is 0.233 e. The lowest BCUT2D eigenvalue weighted by molar-refractivity contribution is -0.390. The predicted molar refractivity (Wildman–Crippen MR) is 161 cm³/mol. The van der Waals surface area contributed by atoms with Crippen LogP contribution in [-0.4, -0.2) is 176 Å². The summed E-state index contributed by atoms with van der Waals surface area (Å²) in [6.07, 6.45) is -18.6. The fourth-order valence-electron chi connectivity index (χ4n) is 5.84. The highest BCUT2D eigenvalue weighted by molar-refractivity contribution is 5.75. The summed E-state index contributed by atoms with van der Waals surface area (Å²) in [7, 11) is 0. The van der Waals surface area contributed by atoms with Crippen LogP contribution < -0.4 is 16.6 Å². The third-order valence-electron chi connectivity index (χ3n) is 8.87. The Labute approximate surface area is 278 Å². The molecule has 0 aromatic carbocycles. The van der Waals surface area contributed by atoms with Gasteiger partial charge in [0, 0.05) is 19.0 Å². The minimum atomic E-state index is -1.85. The maximum atomic E-state index is 11.2. The van der Waals surface area contributed by atoms with Crippen LogP contribution in [0.1, 0.15) is 52.4 Å². The van der Waals surface area contributed by atoms with Gasteiger partial charge >= 0.3 is 0 Å². The molecule has 48 heavy (non-hydrogen) atoms. The first kappa shape index (κ1) is 41.2. The largest absolute Gasteiger partial charge is 0.394 e. The molecule has 19 heteroatoms. The Morgan fingerprint density at radius 2 is 1.29 bits per heavy atom. The fourth-order valence-corrected chi connectivity index (χ4v) is 5.84. The molecule has 0 radical (unpaired) electrons. The maximum Gasteiger partial charge on any atom is 0.233 e. The van der Waals surface area contributed by atoms with Gasteiger partial charge in [0.2, 0.25) is 5.91 Å². The lowest BCUT2D eigenvalue weighted by Gasteiger charge is -2.48. The molecule has 3 saturated heterocycles. The van der Waals surface area contributed by atoms with E-state index in [-0.39, 0.29) is 18.6 Å². The number of rotatable bonds is 18. The van der Waals surface area contributed by atoms with Crippen molar-refractivity contribution in [2.24, 2.45) is 5.84 Å². The molecule has 1 unspecified atom stereocenters. The Morgan fingerprint density at radius 1 is 0.729 bits per heavy atom. The van der Waals surface area contributed by atoms with E-state index in [1.807, 2.05) is 6.92 Å². The third kappa shape index (κ3) is 10.9. The molecule has 3 rings (SSSR count). The first-order valence-electron chi connectivity index (χ1n) is 16.4.